The summed E-state index contributed by atoms with van der Waals surface area (Å²) in [5, 5.41) is 18.3. The SMILES string of the molecule is CC(C)c1nn(C)c(N2CCOCC2)c1CNC[C@@H](O)c1ccccc1F. The Morgan fingerprint density at radius 3 is 2.63 bits per heavy atom. The maximum atomic E-state index is 13.9. The number of rotatable bonds is 7. The number of nitrogens with zero attached hydrogens (tertiary/aromatic N) is 3. The molecule has 27 heavy (non-hydrogen) atoms. The van der Waals surface area contributed by atoms with Gasteiger partial charge < -0.3 is 20.1 Å². The second-order valence-corrected chi connectivity index (χ2v) is 7.23. The van der Waals surface area contributed by atoms with E-state index in [0.29, 0.717) is 31.2 Å². The molecule has 1 aromatic heterocycles. The normalized spacial score (nSPS) is 16.1. The van der Waals surface area contributed by atoms with Crippen LogP contribution in [0, 0.1) is 5.82 Å². The van der Waals surface area contributed by atoms with E-state index in [4.69, 9.17) is 9.84 Å². The average Bonchev–Trinajstić information content (AvgIpc) is 2.99. The smallest absolute Gasteiger partial charge is 0.131 e. The summed E-state index contributed by atoms with van der Waals surface area (Å²) in [6.07, 6.45) is -0.891. The van der Waals surface area contributed by atoms with Crippen molar-refractivity contribution >= 4 is 5.82 Å². The first-order valence-electron chi connectivity index (χ1n) is 9.50. The van der Waals surface area contributed by atoms with E-state index >= 15 is 0 Å². The van der Waals surface area contributed by atoms with Crippen molar-refractivity contribution in [2.45, 2.75) is 32.4 Å². The first kappa shape index (κ1) is 19.8. The molecule has 2 aromatic rings. The lowest BCUT2D eigenvalue weighted by molar-refractivity contribution is 0.122. The molecule has 0 unspecified atom stereocenters. The highest BCUT2D eigenvalue weighted by atomic mass is 19.1. The summed E-state index contributed by atoms with van der Waals surface area (Å²) in [4.78, 5) is 2.30. The van der Waals surface area contributed by atoms with Crippen LogP contribution in [0.4, 0.5) is 10.2 Å². The van der Waals surface area contributed by atoms with Crippen LogP contribution in [-0.4, -0.2) is 47.7 Å². The highest BCUT2D eigenvalue weighted by Crippen LogP contribution is 2.29. The van der Waals surface area contributed by atoms with Crippen molar-refractivity contribution in [2.75, 3.05) is 37.7 Å². The number of aliphatic hydroxyl groups is 1. The van der Waals surface area contributed by atoms with E-state index in [1.165, 1.54) is 6.07 Å². The molecule has 2 N–H and O–H groups in total. The third kappa shape index (κ3) is 4.48. The molecule has 1 aromatic carbocycles. The summed E-state index contributed by atoms with van der Waals surface area (Å²) in [6, 6.07) is 6.34. The fraction of sp³-hybridized carbons (Fsp3) is 0.550. The zero-order chi connectivity index (χ0) is 19.4. The van der Waals surface area contributed by atoms with Gasteiger partial charge in [0.1, 0.15) is 11.6 Å². The highest BCUT2D eigenvalue weighted by molar-refractivity contribution is 5.51. The molecule has 6 nitrogen and oxygen atoms in total. The number of hydrogen-bond donors (Lipinski definition) is 2. The molecule has 1 aliphatic heterocycles. The van der Waals surface area contributed by atoms with Gasteiger partial charge in [-0.25, -0.2) is 4.39 Å². The summed E-state index contributed by atoms with van der Waals surface area (Å²) in [7, 11) is 1.97. The van der Waals surface area contributed by atoms with E-state index in [-0.39, 0.29) is 12.4 Å². The van der Waals surface area contributed by atoms with Crippen molar-refractivity contribution in [1.82, 2.24) is 15.1 Å². The van der Waals surface area contributed by atoms with Gasteiger partial charge in [0.2, 0.25) is 0 Å². The van der Waals surface area contributed by atoms with Crippen LogP contribution < -0.4 is 10.2 Å². The number of morpholine rings is 1. The lowest BCUT2D eigenvalue weighted by Gasteiger charge is -2.29. The fourth-order valence-corrected chi connectivity index (χ4v) is 3.57. The van der Waals surface area contributed by atoms with Crippen molar-refractivity contribution < 1.29 is 14.2 Å². The van der Waals surface area contributed by atoms with Gasteiger partial charge in [0.05, 0.1) is 25.0 Å². The average molecular weight is 376 g/mol. The Kier molecular flexibility index (Phi) is 6.46. The van der Waals surface area contributed by atoms with E-state index in [1.807, 2.05) is 11.7 Å². The van der Waals surface area contributed by atoms with Gasteiger partial charge in [-0.05, 0) is 12.0 Å². The van der Waals surface area contributed by atoms with Crippen LogP contribution in [0.15, 0.2) is 24.3 Å². The van der Waals surface area contributed by atoms with Crippen LogP contribution in [0.3, 0.4) is 0 Å². The Morgan fingerprint density at radius 2 is 1.96 bits per heavy atom. The van der Waals surface area contributed by atoms with Gasteiger partial charge in [-0.2, -0.15) is 5.10 Å². The highest BCUT2D eigenvalue weighted by Gasteiger charge is 2.24. The zero-order valence-corrected chi connectivity index (χ0v) is 16.3. The van der Waals surface area contributed by atoms with Gasteiger partial charge in [0.15, 0.2) is 0 Å². The lowest BCUT2D eigenvalue weighted by atomic mass is 10.0. The van der Waals surface area contributed by atoms with Gasteiger partial charge in [-0.3, -0.25) is 4.68 Å². The van der Waals surface area contributed by atoms with E-state index in [0.717, 1.165) is 30.2 Å². The first-order valence-corrected chi connectivity index (χ1v) is 9.50. The Labute approximate surface area is 159 Å². The molecule has 0 amide bonds. The lowest BCUT2D eigenvalue weighted by Crippen LogP contribution is -2.38. The number of hydrogen-bond acceptors (Lipinski definition) is 5. The number of aliphatic hydroxyl groups excluding tert-OH is 1. The molecule has 148 valence electrons. The monoisotopic (exact) mass is 376 g/mol. The Bertz CT molecular complexity index is 756. The topological polar surface area (TPSA) is 62.5 Å². The predicted molar refractivity (Wildman–Crippen MR) is 103 cm³/mol. The minimum atomic E-state index is -0.891. The zero-order valence-electron chi connectivity index (χ0n) is 16.3. The van der Waals surface area contributed by atoms with Gasteiger partial charge in [-0.15, -0.1) is 0 Å². The van der Waals surface area contributed by atoms with Crippen molar-refractivity contribution in [1.29, 1.82) is 0 Å². The van der Waals surface area contributed by atoms with Crippen LogP contribution >= 0.6 is 0 Å². The summed E-state index contributed by atoms with van der Waals surface area (Å²) in [6.45, 7) is 8.19. The number of benzene rings is 1. The van der Waals surface area contributed by atoms with E-state index in [1.54, 1.807) is 18.2 Å². The molecule has 1 atom stereocenters. The standard InChI is InChI=1S/C20H29FN4O2/c1-14(2)19-16(20(24(3)23-19)25-8-10-27-11-9-25)12-22-13-18(26)15-6-4-5-7-17(15)21/h4-7,14,18,22,26H,8-13H2,1-3H3/t18-/m1/s1. The van der Waals surface area contributed by atoms with Gasteiger partial charge in [-0.1, -0.05) is 32.0 Å². The fourth-order valence-electron chi connectivity index (χ4n) is 3.57. The second-order valence-electron chi connectivity index (χ2n) is 7.23. The quantitative estimate of drug-likeness (QED) is 0.777. The molecule has 0 radical (unpaired) electrons. The maximum absolute atomic E-state index is 13.9. The Balaban J connectivity index is 1.74. The number of ether oxygens (including phenoxy) is 1. The number of aryl methyl sites for hydroxylation is 1. The Hall–Kier alpha value is -1.96. The second kappa shape index (κ2) is 8.82. The van der Waals surface area contributed by atoms with Crippen LogP contribution in [0.2, 0.25) is 0 Å². The minimum Gasteiger partial charge on any atom is -0.387 e. The minimum absolute atomic E-state index is 0.274. The van der Waals surface area contributed by atoms with E-state index in [2.05, 4.69) is 24.1 Å². The van der Waals surface area contributed by atoms with Crippen LogP contribution in [0.1, 0.15) is 42.7 Å². The molecule has 1 saturated heterocycles. The molecule has 7 heteroatoms. The molecule has 0 bridgehead atoms. The summed E-state index contributed by atoms with van der Waals surface area (Å²) in [5.74, 6) is 0.999. The number of aromatic nitrogens is 2. The van der Waals surface area contributed by atoms with Crippen molar-refractivity contribution in [2.24, 2.45) is 7.05 Å². The molecule has 2 heterocycles. The number of anilines is 1. The largest absolute Gasteiger partial charge is 0.387 e. The molecule has 3 rings (SSSR count). The molecule has 1 aliphatic rings. The Morgan fingerprint density at radius 1 is 1.26 bits per heavy atom. The molecular weight excluding hydrogens is 347 g/mol. The van der Waals surface area contributed by atoms with Gasteiger partial charge in [0.25, 0.3) is 0 Å². The molecule has 0 aliphatic carbocycles. The first-order chi connectivity index (χ1) is 13.0. The molecule has 0 spiro atoms. The summed E-state index contributed by atoms with van der Waals surface area (Å²) < 4.78 is 21.3. The van der Waals surface area contributed by atoms with Crippen LogP contribution in [0.25, 0.3) is 0 Å². The van der Waals surface area contributed by atoms with Gasteiger partial charge >= 0.3 is 0 Å². The summed E-state index contributed by atoms with van der Waals surface area (Å²) in [5.41, 5.74) is 2.50. The predicted octanol–water partition coefficient (Wildman–Crippen LogP) is 2.34. The van der Waals surface area contributed by atoms with E-state index in [9.17, 15) is 9.50 Å². The van der Waals surface area contributed by atoms with Crippen molar-refractivity contribution in [3.8, 4) is 0 Å². The van der Waals surface area contributed by atoms with Crippen LogP contribution in [0.5, 0.6) is 0 Å². The molecule has 0 saturated carbocycles. The van der Waals surface area contributed by atoms with Crippen molar-refractivity contribution in [3.05, 3.63) is 46.9 Å². The van der Waals surface area contributed by atoms with E-state index < -0.39 is 6.10 Å². The number of halogens is 1. The third-order valence-corrected chi connectivity index (χ3v) is 4.90. The number of nitrogens with one attached hydrogen (secondary N) is 1. The summed E-state index contributed by atoms with van der Waals surface area (Å²) >= 11 is 0. The third-order valence-electron chi connectivity index (χ3n) is 4.90. The van der Waals surface area contributed by atoms with Gasteiger partial charge in [0, 0.05) is 44.4 Å². The van der Waals surface area contributed by atoms with Crippen LogP contribution in [-0.2, 0) is 18.3 Å². The molecular formula is C20H29FN4O2. The molecule has 1 fully saturated rings. The maximum Gasteiger partial charge on any atom is 0.131 e. The van der Waals surface area contributed by atoms with Crippen molar-refractivity contribution in [3.63, 3.8) is 0 Å².